The SMILES string of the molecule is CC1=CC(c2cccc(N)c2)C(C(=O)OC2(C)CCN(CCC(c3ccccc3)c3ccccc3)C2)=C(C)N1. The summed E-state index contributed by atoms with van der Waals surface area (Å²) in [5, 5.41) is 3.33. The van der Waals surface area contributed by atoms with Gasteiger partial charge in [0.15, 0.2) is 0 Å². The number of nitrogens with zero attached hydrogens (tertiary/aromatic N) is 1. The number of esters is 1. The fourth-order valence-electron chi connectivity index (χ4n) is 6.05. The van der Waals surface area contributed by atoms with Gasteiger partial charge in [0.25, 0.3) is 0 Å². The predicted octanol–water partition coefficient (Wildman–Crippen LogP) is 6.36. The molecule has 0 spiro atoms. The lowest BCUT2D eigenvalue weighted by Gasteiger charge is -2.30. The lowest BCUT2D eigenvalue weighted by molar-refractivity contribution is -0.152. The molecule has 0 bridgehead atoms. The summed E-state index contributed by atoms with van der Waals surface area (Å²) in [4.78, 5) is 16.1. The Morgan fingerprint density at radius 1 is 1.03 bits per heavy atom. The zero-order valence-electron chi connectivity index (χ0n) is 23.2. The number of anilines is 1. The van der Waals surface area contributed by atoms with Crippen LogP contribution in [0.3, 0.4) is 0 Å². The quantitative estimate of drug-likeness (QED) is 0.267. The summed E-state index contributed by atoms with van der Waals surface area (Å²) >= 11 is 0. The van der Waals surface area contributed by atoms with Crippen molar-refractivity contribution in [3.05, 3.63) is 125 Å². The van der Waals surface area contributed by atoms with E-state index < -0.39 is 5.60 Å². The van der Waals surface area contributed by atoms with Crippen molar-refractivity contribution in [2.75, 3.05) is 25.4 Å². The average Bonchev–Trinajstić information content (AvgIpc) is 3.29. The minimum absolute atomic E-state index is 0.194. The number of carbonyl (C=O) groups excluding carboxylic acids is 1. The van der Waals surface area contributed by atoms with E-state index in [0.29, 0.717) is 17.2 Å². The Kier molecular flexibility index (Phi) is 7.89. The maximum absolute atomic E-state index is 13.7. The number of rotatable bonds is 8. The summed E-state index contributed by atoms with van der Waals surface area (Å²) in [6, 6.07) is 29.2. The summed E-state index contributed by atoms with van der Waals surface area (Å²) in [7, 11) is 0. The monoisotopic (exact) mass is 521 g/mol. The number of ether oxygens (including phenoxy) is 1. The molecule has 0 amide bonds. The molecule has 3 aromatic carbocycles. The number of nitrogens with two attached hydrogens (primary N) is 1. The van der Waals surface area contributed by atoms with E-state index >= 15 is 0 Å². The van der Waals surface area contributed by atoms with Crippen molar-refractivity contribution in [3.63, 3.8) is 0 Å². The standard InChI is InChI=1S/C34H39N3O2/c1-24-21-31(28-15-10-16-29(35)22-28)32(25(2)36-24)33(38)39-34(3)18-20-37(23-34)19-17-30(26-11-6-4-7-12-26)27-13-8-5-9-14-27/h4-16,21-22,30-31,36H,17-20,23,35H2,1-3H3. The third kappa shape index (κ3) is 6.26. The van der Waals surface area contributed by atoms with Crippen LogP contribution in [0.25, 0.3) is 0 Å². The van der Waals surface area contributed by atoms with Gasteiger partial charge in [0.2, 0.25) is 0 Å². The molecule has 0 saturated carbocycles. The maximum Gasteiger partial charge on any atom is 0.337 e. The zero-order chi connectivity index (χ0) is 27.4. The van der Waals surface area contributed by atoms with E-state index in [-0.39, 0.29) is 11.9 Å². The minimum Gasteiger partial charge on any atom is -0.455 e. The van der Waals surface area contributed by atoms with E-state index in [1.165, 1.54) is 11.1 Å². The Labute approximate surface area is 232 Å². The van der Waals surface area contributed by atoms with E-state index in [1.54, 1.807) is 0 Å². The number of hydrogen-bond donors (Lipinski definition) is 2. The molecule has 5 nitrogen and oxygen atoms in total. The molecular formula is C34H39N3O2. The average molecular weight is 522 g/mol. The molecule has 202 valence electrons. The molecular weight excluding hydrogens is 482 g/mol. The second-order valence-electron chi connectivity index (χ2n) is 11.2. The van der Waals surface area contributed by atoms with E-state index in [0.717, 1.165) is 49.4 Å². The van der Waals surface area contributed by atoms with E-state index in [9.17, 15) is 4.79 Å². The highest BCUT2D eigenvalue weighted by Crippen LogP contribution is 2.36. The first-order valence-corrected chi connectivity index (χ1v) is 13.9. The van der Waals surface area contributed by atoms with Crippen molar-refractivity contribution in [2.24, 2.45) is 0 Å². The third-order valence-corrected chi connectivity index (χ3v) is 8.00. The van der Waals surface area contributed by atoms with Gasteiger partial charge < -0.3 is 15.8 Å². The van der Waals surface area contributed by atoms with Crippen molar-refractivity contribution in [1.29, 1.82) is 0 Å². The van der Waals surface area contributed by atoms with Crippen LogP contribution in [0.2, 0.25) is 0 Å². The van der Waals surface area contributed by atoms with Gasteiger partial charge in [-0.3, -0.25) is 4.90 Å². The van der Waals surface area contributed by atoms with E-state index in [2.05, 4.69) is 83.9 Å². The van der Waals surface area contributed by atoms with Gasteiger partial charge in [-0.2, -0.15) is 0 Å². The molecule has 0 radical (unpaired) electrons. The molecule has 2 atom stereocenters. The molecule has 39 heavy (non-hydrogen) atoms. The topological polar surface area (TPSA) is 67.6 Å². The number of allylic oxidation sites excluding steroid dienone is 3. The highest BCUT2D eigenvalue weighted by molar-refractivity contribution is 5.92. The Balaban J connectivity index is 1.27. The number of hydrogen-bond acceptors (Lipinski definition) is 5. The molecule has 2 aliphatic heterocycles. The summed E-state index contributed by atoms with van der Waals surface area (Å²) in [5.74, 6) is -0.121. The van der Waals surface area contributed by atoms with Crippen molar-refractivity contribution in [2.45, 2.75) is 51.0 Å². The Bertz CT molecular complexity index is 1330. The fraction of sp³-hybridized carbons (Fsp3) is 0.324. The first-order valence-electron chi connectivity index (χ1n) is 13.9. The maximum atomic E-state index is 13.7. The molecule has 2 heterocycles. The van der Waals surface area contributed by atoms with Gasteiger partial charge in [0.1, 0.15) is 5.60 Å². The smallest absolute Gasteiger partial charge is 0.337 e. The third-order valence-electron chi connectivity index (χ3n) is 8.00. The molecule has 0 aromatic heterocycles. The molecule has 0 aliphatic carbocycles. The lowest BCUT2D eigenvalue weighted by Crippen LogP contribution is -2.38. The number of nitrogens with one attached hydrogen (secondary N) is 1. The minimum atomic E-state index is -0.532. The van der Waals surface area contributed by atoms with Crippen LogP contribution >= 0.6 is 0 Å². The van der Waals surface area contributed by atoms with Crippen molar-refractivity contribution in [3.8, 4) is 0 Å². The Morgan fingerprint density at radius 2 is 1.69 bits per heavy atom. The van der Waals surface area contributed by atoms with Crippen LogP contribution in [0.15, 0.2) is 108 Å². The molecule has 3 aromatic rings. The molecule has 3 N–H and O–H groups in total. The van der Waals surface area contributed by atoms with Crippen LogP contribution in [0.1, 0.15) is 62.1 Å². The second kappa shape index (κ2) is 11.5. The number of dihydropyridines is 1. The van der Waals surface area contributed by atoms with Crippen molar-refractivity contribution >= 4 is 11.7 Å². The predicted molar refractivity (Wildman–Crippen MR) is 158 cm³/mol. The van der Waals surface area contributed by atoms with Crippen molar-refractivity contribution < 1.29 is 9.53 Å². The van der Waals surface area contributed by atoms with Crippen LogP contribution in [0, 0.1) is 0 Å². The molecule has 5 heteroatoms. The van der Waals surface area contributed by atoms with Gasteiger partial charge in [-0.05, 0) is 62.6 Å². The van der Waals surface area contributed by atoms with Crippen LogP contribution in [0.5, 0.6) is 0 Å². The number of carbonyl (C=O) groups is 1. The summed E-state index contributed by atoms with van der Waals surface area (Å²) in [5.41, 5.74) is 12.4. The highest BCUT2D eigenvalue weighted by Gasteiger charge is 2.40. The molecule has 1 fully saturated rings. The summed E-state index contributed by atoms with van der Waals surface area (Å²) in [6.45, 7) is 8.61. The largest absolute Gasteiger partial charge is 0.455 e. The Morgan fingerprint density at radius 3 is 2.33 bits per heavy atom. The number of nitrogen functional groups attached to an aromatic ring is 1. The van der Waals surface area contributed by atoms with Crippen LogP contribution in [-0.2, 0) is 9.53 Å². The molecule has 1 saturated heterocycles. The first kappa shape index (κ1) is 26.8. The van der Waals surface area contributed by atoms with Crippen molar-refractivity contribution in [1.82, 2.24) is 10.2 Å². The summed E-state index contributed by atoms with van der Waals surface area (Å²) in [6.07, 6.45) is 3.90. The van der Waals surface area contributed by atoms with E-state index in [4.69, 9.17) is 10.5 Å². The molecule has 5 rings (SSSR count). The van der Waals surface area contributed by atoms with E-state index in [1.807, 2.05) is 38.1 Å². The normalized spacial score (nSPS) is 21.5. The zero-order valence-corrected chi connectivity index (χ0v) is 23.2. The van der Waals surface area contributed by atoms with Crippen LogP contribution < -0.4 is 11.1 Å². The number of benzene rings is 3. The first-order chi connectivity index (χ1) is 18.8. The molecule has 2 unspecified atom stereocenters. The highest BCUT2D eigenvalue weighted by atomic mass is 16.6. The molecule has 2 aliphatic rings. The van der Waals surface area contributed by atoms with Gasteiger partial charge >= 0.3 is 5.97 Å². The van der Waals surface area contributed by atoms with Crippen LogP contribution in [0.4, 0.5) is 5.69 Å². The van der Waals surface area contributed by atoms with Gasteiger partial charge in [-0.1, -0.05) is 78.9 Å². The van der Waals surface area contributed by atoms with Gasteiger partial charge in [-0.25, -0.2) is 4.79 Å². The summed E-state index contributed by atoms with van der Waals surface area (Å²) < 4.78 is 6.29. The second-order valence-corrected chi connectivity index (χ2v) is 11.2. The fourth-order valence-corrected chi connectivity index (χ4v) is 6.05. The van der Waals surface area contributed by atoms with Gasteiger partial charge in [-0.15, -0.1) is 0 Å². The van der Waals surface area contributed by atoms with Crippen LogP contribution in [-0.4, -0.2) is 36.1 Å². The number of likely N-dealkylation sites (tertiary alicyclic amines) is 1. The Hall–Kier alpha value is -3.83. The lowest BCUT2D eigenvalue weighted by atomic mass is 9.86. The van der Waals surface area contributed by atoms with Gasteiger partial charge in [0.05, 0.1) is 5.57 Å². The van der Waals surface area contributed by atoms with Gasteiger partial charge in [0, 0.05) is 48.4 Å².